The molecule has 0 aliphatic carbocycles. The first-order valence-electron chi connectivity index (χ1n) is 9.62. The first-order chi connectivity index (χ1) is 16.2. The zero-order chi connectivity index (χ0) is 24.5. The van der Waals surface area contributed by atoms with E-state index in [1.54, 1.807) is 36.4 Å². The third kappa shape index (κ3) is 4.74. The Hall–Kier alpha value is -3.47. The molecule has 11 heteroatoms. The highest BCUT2D eigenvalue weighted by molar-refractivity contribution is 9.10. The maximum atomic E-state index is 13.2. The number of halogens is 2. The van der Waals surface area contributed by atoms with Crippen molar-refractivity contribution >= 4 is 67.3 Å². The molecular weight excluding hydrogens is 548 g/mol. The predicted octanol–water partition coefficient (Wildman–Crippen LogP) is 4.54. The summed E-state index contributed by atoms with van der Waals surface area (Å²) >= 11 is 9.42. The summed E-state index contributed by atoms with van der Waals surface area (Å²) in [5.41, 5.74) is -0.220. The minimum absolute atomic E-state index is 0.0708. The van der Waals surface area contributed by atoms with E-state index in [2.05, 4.69) is 21.2 Å². The average Bonchev–Trinajstić information content (AvgIpc) is 2.80. The number of barbiturate groups is 1. The van der Waals surface area contributed by atoms with E-state index in [4.69, 9.17) is 15.8 Å². The smallest absolute Gasteiger partial charge is 0.339 e. The summed E-state index contributed by atoms with van der Waals surface area (Å²) in [5.74, 6) is -2.00. The predicted molar refractivity (Wildman–Crippen MR) is 129 cm³/mol. The lowest BCUT2D eigenvalue weighted by molar-refractivity contribution is -0.122. The Kier molecular flexibility index (Phi) is 6.56. The maximum absolute atomic E-state index is 13.2. The van der Waals surface area contributed by atoms with Crippen molar-refractivity contribution in [1.29, 1.82) is 0 Å². The Morgan fingerprint density at radius 3 is 2.32 bits per heavy atom. The molecule has 8 nitrogen and oxygen atoms in total. The maximum Gasteiger partial charge on any atom is 0.339 e. The number of hydrogen-bond donors (Lipinski definition) is 1. The molecule has 0 bridgehead atoms. The number of carbonyl (C=O) groups is 3. The van der Waals surface area contributed by atoms with Crippen LogP contribution in [0.3, 0.4) is 0 Å². The monoisotopic (exact) mass is 560 g/mol. The third-order valence-electron chi connectivity index (χ3n) is 4.70. The van der Waals surface area contributed by atoms with Gasteiger partial charge in [0.15, 0.2) is 0 Å². The number of para-hydroxylation sites is 1. The van der Waals surface area contributed by atoms with Crippen molar-refractivity contribution in [2.75, 3.05) is 4.90 Å². The van der Waals surface area contributed by atoms with Gasteiger partial charge in [0.25, 0.3) is 11.8 Å². The van der Waals surface area contributed by atoms with Crippen LogP contribution in [0.15, 0.2) is 87.7 Å². The lowest BCUT2D eigenvalue weighted by Gasteiger charge is -2.27. The first-order valence-corrected chi connectivity index (χ1v) is 12.2. The zero-order valence-corrected chi connectivity index (χ0v) is 20.2. The van der Waals surface area contributed by atoms with E-state index in [0.717, 1.165) is 11.0 Å². The summed E-state index contributed by atoms with van der Waals surface area (Å²) in [6.45, 7) is 0. The summed E-state index contributed by atoms with van der Waals surface area (Å²) in [5, 5.41) is 2.22. The highest BCUT2D eigenvalue weighted by atomic mass is 79.9. The molecule has 0 spiro atoms. The van der Waals surface area contributed by atoms with Crippen LogP contribution in [0.4, 0.5) is 10.5 Å². The van der Waals surface area contributed by atoms with Crippen molar-refractivity contribution in [3.05, 3.63) is 93.4 Å². The average molecular weight is 562 g/mol. The molecule has 0 radical (unpaired) electrons. The van der Waals surface area contributed by atoms with Crippen LogP contribution in [-0.2, 0) is 19.7 Å². The molecule has 0 aromatic heterocycles. The standard InChI is InChI=1S/C23H14BrClN2O6S/c24-15-10-11-20(33-34(31,32)16-6-2-1-3-7-16)14(12-15)13-17-21(28)26-23(30)27(22(17)29)19-9-5-4-8-18(19)25/h1-13H,(H,26,28,30)/b17-13+. The van der Waals surface area contributed by atoms with Gasteiger partial charge in [-0.05, 0) is 48.5 Å². The number of urea groups is 1. The van der Waals surface area contributed by atoms with E-state index >= 15 is 0 Å². The zero-order valence-electron chi connectivity index (χ0n) is 17.1. The van der Waals surface area contributed by atoms with E-state index in [9.17, 15) is 22.8 Å². The fourth-order valence-electron chi connectivity index (χ4n) is 3.13. The van der Waals surface area contributed by atoms with Gasteiger partial charge < -0.3 is 4.18 Å². The number of benzene rings is 3. The SMILES string of the molecule is O=C1NC(=O)N(c2ccccc2Cl)C(=O)/C1=C/c1cc(Br)ccc1OS(=O)(=O)c1ccccc1. The largest absolute Gasteiger partial charge is 0.378 e. The van der Waals surface area contributed by atoms with Gasteiger partial charge in [0.05, 0.1) is 10.7 Å². The Labute approximate surface area is 208 Å². The van der Waals surface area contributed by atoms with Gasteiger partial charge in [-0.15, -0.1) is 0 Å². The number of nitrogens with one attached hydrogen (secondary N) is 1. The van der Waals surface area contributed by atoms with Crippen LogP contribution in [0.1, 0.15) is 5.56 Å². The molecule has 1 N–H and O–H groups in total. The molecule has 1 saturated heterocycles. The second kappa shape index (κ2) is 9.41. The molecule has 34 heavy (non-hydrogen) atoms. The van der Waals surface area contributed by atoms with E-state index in [1.165, 1.54) is 36.4 Å². The fraction of sp³-hybridized carbons (Fsp3) is 0. The van der Waals surface area contributed by atoms with Crippen molar-refractivity contribution in [2.45, 2.75) is 4.90 Å². The second-order valence-corrected chi connectivity index (χ2v) is 9.81. The quantitative estimate of drug-likeness (QED) is 0.278. The Morgan fingerprint density at radius 1 is 0.941 bits per heavy atom. The molecule has 3 aromatic rings. The highest BCUT2D eigenvalue weighted by Crippen LogP contribution is 2.32. The van der Waals surface area contributed by atoms with Crippen molar-refractivity contribution in [2.24, 2.45) is 0 Å². The number of nitrogens with zero attached hydrogens (tertiary/aromatic N) is 1. The molecular formula is C23H14BrClN2O6S. The van der Waals surface area contributed by atoms with E-state index in [-0.39, 0.29) is 26.9 Å². The van der Waals surface area contributed by atoms with Crippen LogP contribution in [0.2, 0.25) is 5.02 Å². The molecule has 1 fully saturated rings. The second-order valence-electron chi connectivity index (χ2n) is 6.94. The van der Waals surface area contributed by atoms with Gasteiger partial charge >= 0.3 is 16.1 Å². The topological polar surface area (TPSA) is 110 Å². The Bertz CT molecular complexity index is 1460. The van der Waals surface area contributed by atoms with E-state index < -0.39 is 33.5 Å². The summed E-state index contributed by atoms with van der Waals surface area (Å²) in [6, 6.07) is 17.1. The van der Waals surface area contributed by atoms with Crippen LogP contribution >= 0.6 is 27.5 Å². The summed E-state index contributed by atoms with van der Waals surface area (Å²) in [4.78, 5) is 38.8. The Morgan fingerprint density at radius 2 is 1.62 bits per heavy atom. The van der Waals surface area contributed by atoms with Crippen LogP contribution in [0.5, 0.6) is 5.75 Å². The summed E-state index contributed by atoms with van der Waals surface area (Å²) in [7, 11) is -4.20. The van der Waals surface area contributed by atoms with Gasteiger partial charge in [-0.25, -0.2) is 9.69 Å². The number of rotatable bonds is 5. The van der Waals surface area contributed by atoms with Gasteiger partial charge in [-0.2, -0.15) is 8.42 Å². The van der Waals surface area contributed by atoms with Crippen molar-refractivity contribution in [3.63, 3.8) is 0 Å². The van der Waals surface area contributed by atoms with Crippen LogP contribution in [-0.4, -0.2) is 26.3 Å². The molecule has 1 aliphatic rings. The molecule has 1 heterocycles. The van der Waals surface area contributed by atoms with Crippen LogP contribution in [0, 0.1) is 0 Å². The number of anilines is 1. The van der Waals surface area contributed by atoms with Crippen molar-refractivity contribution < 1.29 is 27.0 Å². The van der Waals surface area contributed by atoms with Crippen LogP contribution < -0.4 is 14.4 Å². The molecule has 3 aromatic carbocycles. The van der Waals surface area contributed by atoms with Gasteiger partial charge in [-0.3, -0.25) is 14.9 Å². The number of carbonyl (C=O) groups excluding carboxylic acids is 3. The van der Waals surface area contributed by atoms with Crippen molar-refractivity contribution in [3.8, 4) is 5.75 Å². The lowest BCUT2D eigenvalue weighted by atomic mass is 10.1. The van der Waals surface area contributed by atoms with E-state index in [0.29, 0.717) is 4.47 Å². The molecule has 4 rings (SSSR count). The molecule has 172 valence electrons. The minimum atomic E-state index is -4.20. The Balaban J connectivity index is 1.77. The number of hydrogen-bond acceptors (Lipinski definition) is 6. The third-order valence-corrected chi connectivity index (χ3v) is 6.76. The summed E-state index contributed by atoms with van der Waals surface area (Å²) in [6.07, 6.45) is 1.15. The van der Waals surface area contributed by atoms with Gasteiger partial charge in [0.1, 0.15) is 16.2 Å². The van der Waals surface area contributed by atoms with Crippen molar-refractivity contribution in [1.82, 2.24) is 5.32 Å². The molecule has 1 aliphatic heterocycles. The van der Waals surface area contributed by atoms with Gasteiger partial charge in [0.2, 0.25) is 0 Å². The lowest BCUT2D eigenvalue weighted by Crippen LogP contribution is -2.54. The molecule has 0 saturated carbocycles. The normalized spacial score (nSPS) is 15.4. The molecule has 0 unspecified atom stereocenters. The first kappa shape index (κ1) is 23.7. The summed E-state index contributed by atoms with van der Waals surface area (Å²) < 4.78 is 31.3. The van der Waals surface area contributed by atoms with Crippen LogP contribution in [0.25, 0.3) is 6.08 Å². The van der Waals surface area contributed by atoms with Gasteiger partial charge in [-0.1, -0.05) is 57.9 Å². The fourth-order valence-corrected chi connectivity index (χ4v) is 4.70. The highest BCUT2D eigenvalue weighted by Gasteiger charge is 2.38. The number of imide groups is 2. The number of amides is 4. The molecule has 0 atom stereocenters. The van der Waals surface area contributed by atoms with Gasteiger partial charge in [0, 0.05) is 10.0 Å². The minimum Gasteiger partial charge on any atom is -0.378 e. The molecule has 4 amide bonds. The van der Waals surface area contributed by atoms with E-state index in [1.807, 2.05) is 0 Å².